The van der Waals surface area contributed by atoms with Crippen LogP contribution in [0.5, 0.6) is 0 Å². The molecule has 1 amide bonds. The molecule has 6 nitrogen and oxygen atoms in total. The monoisotopic (exact) mass is 332 g/mol. The highest BCUT2D eigenvalue weighted by atomic mass is 16.2. The molecule has 3 aliphatic rings. The van der Waals surface area contributed by atoms with Crippen LogP contribution in [0.1, 0.15) is 57.7 Å². The first-order valence-corrected chi connectivity index (χ1v) is 9.57. The SMILES string of the molecule is CC(NC(=O)Cn1nc2n(c1=O)CCCCC2)C1CC2CCC1C2. The van der Waals surface area contributed by atoms with Gasteiger partial charge in [0.2, 0.25) is 5.91 Å². The number of aromatic nitrogens is 3. The van der Waals surface area contributed by atoms with Crippen LogP contribution < -0.4 is 11.0 Å². The molecule has 0 saturated heterocycles. The molecule has 0 radical (unpaired) electrons. The Morgan fingerprint density at radius 2 is 2.17 bits per heavy atom. The van der Waals surface area contributed by atoms with Crippen molar-refractivity contribution in [2.75, 3.05) is 0 Å². The lowest BCUT2D eigenvalue weighted by atomic mass is 9.84. The topological polar surface area (TPSA) is 68.9 Å². The molecule has 4 atom stereocenters. The summed E-state index contributed by atoms with van der Waals surface area (Å²) in [5.74, 6) is 3.04. The van der Waals surface area contributed by atoms with Crippen LogP contribution in [-0.2, 0) is 24.3 Å². The molecule has 2 aliphatic carbocycles. The summed E-state index contributed by atoms with van der Waals surface area (Å²) in [6.07, 6.45) is 9.37. The quantitative estimate of drug-likeness (QED) is 0.912. The summed E-state index contributed by atoms with van der Waals surface area (Å²) in [6.45, 7) is 2.90. The van der Waals surface area contributed by atoms with Gasteiger partial charge in [0.25, 0.3) is 0 Å². The molecular formula is C18H28N4O2. The average Bonchev–Trinajstić information content (AvgIpc) is 3.20. The summed E-state index contributed by atoms with van der Waals surface area (Å²) in [7, 11) is 0. The fourth-order valence-corrected chi connectivity index (χ4v) is 5.18. The first-order valence-electron chi connectivity index (χ1n) is 9.57. The van der Waals surface area contributed by atoms with Crippen LogP contribution in [0.3, 0.4) is 0 Å². The van der Waals surface area contributed by atoms with E-state index >= 15 is 0 Å². The van der Waals surface area contributed by atoms with Gasteiger partial charge in [0, 0.05) is 19.0 Å². The third kappa shape index (κ3) is 2.91. The van der Waals surface area contributed by atoms with Crippen molar-refractivity contribution >= 4 is 5.91 Å². The number of carbonyl (C=O) groups excluding carboxylic acids is 1. The molecule has 6 heteroatoms. The molecule has 2 heterocycles. The van der Waals surface area contributed by atoms with E-state index in [-0.39, 0.29) is 24.2 Å². The first kappa shape index (κ1) is 15.9. The van der Waals surface area contributed by atoms with Gasteiger partial charge in [-0.2, -0.15) is 5.10 Å². The predicted molar refractivity (Wildman–Crippen MR) is 90.6 cm³/mol. The number of nitrogens with zero attached hydrogens (tertiary/aromatic N) is 3. The Hall–Kier alpha value is -1.59. The Kier molecular flexibility index (Phi) is 4.22. The van der Waals surface area contributed by atoms with Gasteiger partial charge in [-0.15, -0.1) is 0 Å². The zero-order valence-corrected chi connectivity index (χ0v) is 14.5. The first-order chi connectivity index (χ1) is 11.6. The van der Waals surface area contributed by atoms with Crippen molar-refractivity contribution in [3.63, 3.8) is 0 Å². The summed E-state index contributed by atoms with van der Waals surface area (Å²) in [6, 6.07) is 0.198. The maximum absolute atomic E-state index is 12.4. The van der Waals surface area contributed by atoms with E-state index in [2.05, 4.69) is 17.3 Å². The summed E-state index contributed by atoms with van der Waals surface area (Å²) in [4.78, 5) is 24.8. The highest BCUT2D eigenvalue weighted by Gasteiger charge is 2.42. The van der Waals surface area contributed by atoms with Gasteiger partial charge < -0.3 is 5.32 Å². The van der Waals surface area contributed by atoms with Crippen LogP contribution >= 0.6 is 0 Å². The highest BCUT2D eigenvalue weighted by molar-refractivity contribution is 5.75. The minimum absolute atomic E-state index is 0.0456. The van der Waals surface area contributed by atoms with Crippen molar-refractivity contribution in [3.05, 3.63) is 16.3 Å². The fraction of sp³-hybridized carbons (Fsp3) is 0.833. The molecule has 0 spiro atoms. The van der Waals surface area contributed by atoms with E-state index in [1.54, 1.807) is 4.57 Å². The molecule has 1 aromatic rings. The Morgan fingerprint density at radius 3 is 2.92 bits per heavy atom. The third-order valence-electron chi connectivity index (χ3n) is 6.40. The molecule has 4 rings (SSSR count). The molecule has 2 saturated carbocycles. The molecule has 2 bridgehead atoms. The molecule has 1 N–H and O–H groups in total. The lowest BCUT2D eigenvalue weighted by Gasteiger charge is -2.28. The lowest BCUT2D eigenvalue weighted by molar-refractivity contribution is -0.123. The molecule has 0 aromatic carbocycles. The van der Waals surface area contributed by atoms with Crippen LogP contribution in [0.2, 0.25) is 0 Å². The number of hydrogen-bond donors (Lipinski definition) is 1. The number of rotatable bonds is 4. The van der Waals surface area contributed by atoms with E-state index in [1.807, 2.05) is 0 Å². The fourth-order valence-electron chi connectivity index (χ4n) is 5.18. The zero-order chi connectivity index (χ0) is 16.7. The largest absolute Gasteiger partial charge is 0.352 e. The van der Waals surface area contributed by atoms with E-state index in [9.17, 15) is 9.59 Å². The maximum Gasteiger partial charge on any atom is 0.346 e. The van der Waals surface area contributed by atoms with E-state index < -0.39 is 0 Å². The van der Waals surface area contributed by atoms with Crippen molar-refractivity contribution < 1.29 is 4.79 Å². The number of nitrogens with one attached hydrogen (secondary N) is 1. The second-order valence-corrected chi connectivity index (χ2v) is 8.01. The third-order valence-corrected chi connectivity index (χ3v) is 6.40. The van der Waals surface area contributed by atoms with Gasteiger partial charge in [-0.05, 0) is 56.8 Å². The Labute approximate surface area is 142 Å². The molecule has 132 valence electrons. The number of carbonyl (C=O) groups is 1. The van der Waals surface area contributed by atoms with E-state index in [0.29, 0.717) is 5.92 Å². The van der Waals surface area contributed by atoms with Crippen molar-refractivity contribution in [1.29, 1.82) is 0 Å². The molecule has 4 unspecified atom stereocenters. The van der Waals surface area contributed by atoms with Crippen LogP contribution in [0.15, 0.2) is 4.79 Å². The second kappa shape index (κ2) is 6.37. The maximum atomic E-state index is 12.4. The number of hydrogen-bond acceptors (Lipinski definition) is 3. The van der Waals surface area contributed by atoms with Crippen molar-refractivity contribution in [2.45, 2.75) is 77.4 Å². The van der Waals surface area contributed by atoms with Gasteiger partial charge in [-0.1, -0.05) is 12.8 Å². The van der Waals surface area contributed by atoms with Crippen molar-refractivity contribution in [2.24, 2.45) is 17.8 Å². The van der Waals surface area contributed by atoms with Gasteiger partial charge in [0.1, 0.15) is 12.4 Å². The minimum atomic E-state index is -0.130. The zero-order valence-electron chi connectivity index (χ0n) is 14.5. The van der Waals surface area contributed by atoms with Gasteiger partial charge >= 0.3 is 5.69 Å². The summed E-state index contributed by atoms with van der Waals surface area (Å²) in [5, 5.41) is 7.53. The molecule has 1 aliphatic heterocycles. The summed E-state index contributed by atoms with van der Waals surface area (Å²) >= 11 is 0. The van der Waals surface area contributed by atoms with Crippen molar-refractivity contribution in [1.82, 2.24) is 19.7 Å². The molecule has 24 heavy (non-hydrogen) atoms. The van der Waals surface area contributed by atoms with Crippen LogP contribution in [0, 0.1) is 17.8 Å². The van der Waals surface area contributed by atoms with Gasteiger partial charge in [0.15, 0.2) is 0 Å². The van der Waals surface area contributed by atoms with Crippen LogP contribution in [0.25, 0.3) is 0 Å². The standard InChI is InChI=1S/C18H28N4O2/c1-12(15-10-13-6-7-14(15)9-13)19-17(23)11-22-18(24)21-8-4-2-3-5-16(21)20-22/h12-15H,2-11H2,1H3,(H,19,23). The smallest absolute Gasteiger partial charge is 0.346 e. The molecule has 2 fully saturated rings. The van der Waals surface area contributed by atoms with Gasteiger partial charge in [-0.25, -0.2) is 9.48 Å². The van der Waals surface area contributed by atoms with E-state index in [1.165, 1.54) is 30.4 Å². The Morgan fingerprint density at radius 1 is 1.29 bits per heavy atom. The Bertz CT molecular complexity index is 677. The average molecular weight is 332 g/mol. The second-order valence-electron chi connectivity index (χ2n) is 8.01. The number of aryl methyl sites for hydroxylation is 1. The van der Waals surface area contributed by atoms with Crippen LogP contribution in [0.4, 0.5) is 0 Å². The van der Waals surface area contributed by atoms with Gasteiger partial charge in [-0.3, -0.25) is 9.36 Å². The number of amides is 1. The van der Waals surface area contributed by atoms with Crippen LogP contribution in [-0.4, -0.2) is 26.3 Å². The number of fused-ring (bicyclic) bond motifs is 3. The van der Waals surface area contributed by atoms with E-state index in [0.717, 1.165) is 49.9 Å². The summed E-state index contributed by atoms with van der Waals surface area (Å²) < 4.78 is 3.10. The highest BCUT2D eigenvalue weighted by Crippen LogP contribution is 2.49. The molecular weight excluding hydrogens is 304 g/mol. The minimum Gasteiger partial charge on any atom is -0.352 e. The molecule has 1 aromatic heterocycles. The van der Waals surface area contributed by atoms with Crippen molar-refractivity contribution in [3.8, 4) is 0 Å². The normalized spacial score (nSPS) is 30.0. The Balaban J connectivity index is 1.39. The van der Waals surface area contributed by atoms with Gasteiger partial charge in [0.05, 0.1) is 0 Å². The lowest BCUT2D eigenvalue weighted by Crippen LogP contribution is -2.43. The predicted octanol–water partition coefficient (Wildman–Crippen LogP) is 1.71. The summed E-state index contributed by atoms with van der Waals surface area (Å²) in [5.41, 5.74) is -0.130. The van der Waals surface area contributed by atoms with E-state index in [4.69, 9.17) is 0 Å².